The SMILES string of the molecule is Cc1ccccc1CNC(=O)CNC(=O)NC(C)C. The first-order chi connectivity index (χ1) is 8.99. The van der Waals surface area contributed by atoms with Crippen LogP contribution in [0.3, 0.4) is 0 Å². The summed E-state index contributed by atoms with van der Waals surface area (Å²) in [5, 5.41) is 7.92. The first-order valence-corrected chi connectivity index (χ1v) is 6.34. The summed E-state index contributed by atoms with van der Waals surface area (Å²) in [5.74, 6) is -0.206. The molecule has 3 amide bonds. The number of hydrogen-bond donors (Lipinski definition) is 3. The smallest absolute Gasteiger partial charge is 0.315 e. The molecule has 0 atom stereocenters. The molecule has 0 heterocycles. The van der Waals surface area contributed by atoms with Gasteiger partial charge in [-0.05, 0) is 31.9 Å². The Kier molecular flexibility index (Phi) is 5.85. The second-order valence-electron chi connectivity index (χ2n) is 4.68. The Labute approximate surface area is 113 Å². The van der Waals surface area contributed by atoms with Crippen LogP contribution < -0.4 is 16.0 Å². The molecule has 1 rings (SSSR count). The van der Waals surface area contributed by atoms with Gasteiger partial charge in [0.25, 0.3) is 0 Å². The van der Waals surface area contributed by atoms with Crippen molar-refractivity contribution < 1.29 is 9.59 Å². The van der Waals surface area contributed by atoms with E-state index in [2.05, 4.69) is 16.0 Å². The van der Waals surface area contributed by atoms with Gasteiger partial charge in [-0.1, -0.05) is 24.3 Å². The van der Waals surface area contributed by atoms with Crippen LogP contribution in [-0.2, 0) is 11.3 Å². The van der Waals surface area contributed by atoms with Crippen molar-refractivity contribution in [3.8, 4) is 0 Å². The third kappa shape index (κ3) is 5.90. The minimum atomic E-state index is -0.332. The largest absolute Gasteiger partial charge is 0.350 e. The predicted molar refractivity (Wildman–Crippen MR) is 74.7 cm³/mol. The Balaban J connectivity index is 2.29. The molecular weight excluding hydrogens is 242 g/mol. The zero-order valence-corrected chi connectivity index (χ0v) is 11.6. The highest BCUT2D eigenvalue weighted by Gasteiger charge is 2.06. The van der Waals surface area contributed by atoms with Crippen molar-refractivity contribution in [3.05, 3.63) is 35.4 Å². The van der Waals surface area contributed by atoms with Crippen molar-refractivity contribution in [2.45, 2.75) is 33.4 Å². The van der Waals surface area contributed by atoms with Gasteiger partial charge in [0.05, 0.1) is 6.54 Å². The van der Waals surface area contributed by atoms with Crippen molar-refractivity contribution in [1.29, 1.82) is 0 Å². The summed E-state index contributed by atoms with van der Waals surface area (Å²) < 4.78 is 0. The summed E-state index contributed by atoms with van der Waals surface area (Å²) in [5.41, 5.74) is 2.20. The van der Waals surface area contributed by atoms with Crippen LogP contribution in [0.1, 0.15) is 25.0 Å². The van der Waals surface area contributed by atoms with Gasteiger partial charge < -0.3 is 16.0 Å². The predicted octanol–water partition coefficient (Wildman–Crippen LogP) is 1.32. The van der Waals surface area contributed by atoms with Gasteiger partial charge in [0.15, 0.2) is 0 Å². The molecule has 0 saturated carbocycles. The number of amides is 3. The maximum atomic E-state index is 11.6. The van der Waals surface area contributed by atoms with E-state index in [0.717, 1.165) is 11.1 Å². The lowest BCUT2D eigenvalue weighted by atomic mass is 10.1. The highest BCUT2D eigenvalue weighted by atomic mass is 16.2. The Morgan fingerprint density at radius 1 is 1.16 bits per heavy atom. The molecule has 0 aliphatic rings. The topological polar surface area (TPSA) is 70.2 Å². The number of aryl methyl sites for hydroxylation is 1. The van der Waals surface area contributed by atoms with E-state index in [1.165, 1.54) is 0 Å². The van der Waals surface area contributed by atoms with Gasteiger partial charge in [-0.25, -0.2) is 4.79 Å². The lowest BCUT2D eigenvalue weighted by molar-refractivity contribution is -0.120. The molecule has 0 radical (unpaired) electrons. The van der Waals surface area contributed by atoms with E-state index < -0.39 is 0 Å². The second kappa shape index (κ2) is 7.41. The standard InChI is InChI=1S/C14H21N3O2/c1-10(2)17-14(19)16-9-13(18)15-8-12-7-5-4-6-11(12)3/h4-7,10H,8-9H2,1-3H3,(H,15,18)(H2,16,17,19). The number of carbonyl (C=O) groups is 2. The van der Waals surface area contributed by atoms with Crippen LogP contribution in [0.4, 0.5) is 4.79 Å². The van der Waals surface area contributed by atoms with E-state index in [1.54, 1.807) is 0 Å². The van der Waals surface area contributed by atoms with Gasteiger partial charge in [0.2, 0.25) is 5.91 Å². The fourth-order valence-electron chi connectivity index (χ4n) is 1.54. The summed E-state index contributed by atoms with van der Waals surface area (Å²) in [6, 6.07) is 7.57. The summed E-state index contributed by atoms with van der Waals surface area (Å²) >= 11 is 0. The van der Waals surface area contributed by atoms with Gasteiger partial charge in [-0.3, -0.25) is 4.79 Å². The first kappa shape index (κ1) is 15.0. The first-order valence-electron chi connectivity index (χ1n) is 6.34. The van der Waals surface area contributed by atoms with Crippen LogP contribution >= 0.6 is 0 Å². The number of urea groups is 1. The lowest BCUT2D eigenvalue weighted by Crippen LogP contribution is -2.44. The molecule has 5 nitrogen and oxygen atoms in total. The number of benzene rings is 1. The molecule has 19 heavy (non-hydrogen) atoms. The average molecular weight is 263 g/mol. The van der Waals surface area contributed by atoms with Crippen LogP contribution in [0.5, 0.6) is 0 Å². The normalized spacial score (nSPS) is 10.1. The van der Waals surface area contributed by atoms with Crippen molar-refractivity contribution in [1.82, 2.24) is 16.0 Å². The van der Waals surface area contributed by atoms with Gasteiger partial charge in [0.1, 0.15) is 0 Å². The lowest BCUT2D eigenvalue weighted by Gasteiger charge is -2.11. The van der Waals surface area contributed by atoms with Crippen molar-refractivity contribution >= 4 is 11.9 Å². The zero-order chi connectivity index (χ0) is 14.3. The molecule has 0 aromatic heterocycles. The van der Waals surface area contributed by atoms with Gasteiger partial charge >= 0.3 is 6.03 Å². The molecule has 1 aromatic carbocycles. The molecule has 0 unspecified atom stereocenters. The molecule has 0 fully saturated rings. The van der Waals surface area contributed by atoms with Crippen LogP contribution in [0.2, 0.25) is 0 Å². The third-order valence-corrected chi connectivity index (χ3v) is 2.57. The van der Waals surface area contributed by atoms with E-state index >= 15 is 0 Å². The Morgan fingerprint density at radius 2 is 1.84 bits per heavy atom. The Morgan fingerprint density at radius 3 is 2.47 bits per heavy atom. The molecule has 0 aliphatic heterocycles. The van der Waals surface area contributed by atoms with Crippen molar-refractivity contribution in [3.63, 3.8) is 0 Å². The van der Waals surface area contributed by atoms with Crippen LogP contribution in [0.15, 0.2) is 24.3 Å². The van der Waals surface area contributed by atoms with Crippen molar-refractivity contribution in [2.24, 2.45) is 0 Å². The molecule has 0 aliphatic carbocycles. The fourth-order valence-corrected chi connectivity index (χ4v) is 1.54. The summed E-state index contributed by atoms with van der Waals surface area (Å²) in [6.45, 7) is 6.16. The number of nitrogens with one attached hydrogen (secondary N) is 3. The van der Waals surface area contributed by atoms with Crippen molar-refractivity contribution in [2.75, 3.05) is 6.54 Å². The third-order valence-electron chi connectivity index (χ3n) is 2.57. The number of carbonyl (C=O) groups excluding carboxylic acids is 2. The monoisotopic (exact) mass is 263 g/mol. The fraction of sp³-hybridized carbons (Fsp3) is 0.429. The van der Waals surface area contributed by atoms with E-state index in [1.807, 2.05) is 45.0 Å². The number of hydrogen-bond acceptors (Lipinski definition) is 2. The van der Waals surface area contributed by atoms with Gasteiger partial charge in [-0.2, -0.15) is 0 Å². The summed E-state index contributed by atoms with van der Waals surface area (Å²) in [6.07, 6.45) is 0. The van der Waals surface area contributed by atoms with Crippen LogP contribution in [0, 0.1) is 6.92 Å². The van der Waals surface area contributed by atoms with E-state index in [4.69, 9.17) is 0 Å². The van der Waals surface area contributed by atoms with Gasteiger partial charge in [0, 0.05) is 12.6 Å². The summed E-state index contributed by atoms with van der Waals surface area (Å²) in [7, 11) is 0. The van der Waals surface area contributed by atoms with Crippen LogP contribution in [0.25, 0.3) is 0 Å². The average Bonchev–Trinajstić information content (AvgIpc) is 2.34. The van der Waals surface area contributed by atoms with Gasteiger partial charge in [-0.15, -0.1) is 0 Å². The molecule has 0 spiro atoms. The quantitative estimate of drug-likeness (QED) is 0.750. The second-order valence-corrected chi connectivity index (χ2v) is 4.68. The minimum Gasteiger partial charge on any atom is -0.350 e. The highest BCUT2D eigenvalue weighted by Crippen LogP contribution is 2.05. The Bertz CT molecular complexity index is 444. The van der Waals surface area contributed by atoms with E-state index in [9.17, 15) is 9.59 Å². The Hall–Kier alpha value is -2.04. The minimum absolute atomic E-state index is 0.0234. The number of rotatable bonds is 5. The molecule has 0 saturated heterocycles. The molecule has 0 bridgehead atoms. The molecule has 1 aromatic rings. The maximum absolute atomic E-state index is 11.6. The molecule has 5 heteroatoms. The highest BCUT2D eigenvalue weighted by molar-refractivity contribution is 5.83. The molecular formula is C14H21N3O2. The molecule has 3 N–H and O–H groups in total. The maximum Gasteiger partial charge on any atom is 0.315 e. The van der Waals surface area contributed by atoms with Crippen LogP contribution in [-0.4, -0.2) is 24.5 Å². The summed E-state index contributed by atoms with van der Waals surface area (Å²) in [4.78, 5) is 22.8. The van der Waals surface area contributed by atoms with E-state index in [-0.39, 0.29) is 24.5 Å². The molecule has 104 valence electrons. The zero-order valence-electron chi connectivity index (χ0n) is 11.6. The van der Waals surface area contributed by atoms with E-state index in [0.29, 0.717) is 6.54 Å².